The van der Waals surface area contributed by atoms with Gasteiger partial charge in [0.15, 0.2) is 5.11 Å². The van der Waals surface area contributed by atoms with Gasteiger partial charge in [-0.3, -0.25) is 0 Å². The van der Waals surface area contributed by atoms with Crippen molar-refractivity contribution in [2.24, 2.45) is 0 Å². The topological polar surface area (TPSA) is 63.4 Å². The number of allylic oxidation sites excluding steroid dienone is 1. The van der Waals surface area contributed by atoms with Gasteiger partial charge in [-0.15, -0.1) is 0 Å². The molecule has 2 aromatic carbocycles. The molecule has 1 aliphatic heterocycles. The van der Waals surface area contributed by atoms with Gasteiger partial charge in [-0.05, 0) is 45.0 Å². The quantitative estimate of drug-likeness (QED) is 0.375. The first-order valence-corrected chi connectivity index (χ1v) is 11.3. The molecule has 0 saturated carbocycles. The second-order valence-electron chi connectivity index (χ2n) is 8.01. The maximum atomic E-state index is 5.77. The fourth-order valence-corrected chi connectivity index (χ4v) is 4.15. The largest absolute Gasteiger partial charge is 0.379 e. The summed E-state index contributed by atoms with van der Waals surface area (Å²) in [5, 5.41) is 8.42. The van der Waals surface area contributed by atoms with Crippen LogP contribution in [0.1, 0.15) is 44.7 Å². The normalized spacial score (nSPS) is 16.6. The van der Waals surface area contributed by atoms with Crippen LogP contribution in [-0.2, 0) is 4.74 Å². The van der Waals surface area contributed by atoms with Crippen LogP contribution in [0.15, 0.2) is 70.9 Å². The number of aromatic nitrogens is 2. The first-order valence-electron chi connectivity index (χ1n) is 10.9. The summed E-state index contributed by atoms with van der Waals surface area (Å²) in [4.78, 5) is 6.84. The Bertz CT molecular complexity index is 1080. The van der Waals surface area contributed by atoms with E-state index in [-0.39, 0.29) is 12.1 Å². The van der Waals surface area contributed by atoms with E-state index < -0.39 is 0 Å². The fourth-order valence-electron chi connectivity index (χ4n) is 3.80. The summed E-state index contributed by atoms with van der Waals surface area (Å²) in [5.41, 5.74) is 3.95. The van der Waals surface area contributed by atoms with E-state index in [0.717, 1.165) is 35.4 Å². The van der Waals surface area contributed by atoms with Crippen LogP contribution in [0.4, 0.5) is 0 Å². The number of nitrogens with zero attached hydrogens (tertiary/aromatic N) is 3. The van der Waals surface area contributed by atoms with Crippen molar-refractivity contribution >= 4 is 22.9 Å². The van der Waals surface area contributed by atoms with Gasteiger partial charge in [0, 0.05) is 24.4 Å². The molecule has 6 nitrogen and oxygen atoms in total. The van der Waals surface area contributed by atoms with Crippen molar-refractivity contribution in [2.75, 3.05) is 13.2 Å². The molecule has 1 N–H and O–H groups in total. The molecular weight excluding hydrogens is 420 g/mol. The Morgan fingerprint density at radius 2 is 1.78 bits per heavy atom. The van der Waals surface area contributed by atoms with Crippen LogP contribution in [-0.4, -0.2) is 39.4 Å². The number of ether oxygens (including phenoxy) is 1. The molecule has 0 spiro atoms. The molecule has 166 valence electrons. The lowest BCUT2D eigenvalue weighted by molar-refractivity contribution is 0.0749. The lowest BCUT2D eigenvalue weighted by atomic mass is 9.95. The molecule has 0 radical (unpaired) electrons. The number of hydrogen-bond acceptors (Lipinski definition) is 5. The lowest BCUT2D eigenvalue weighted by Crippen LogP contribution is -2.46. The highest BCUT2D eigenvalue weighted by molar-refractivity contribution is 7.80. The van der Waals surface area contributed by atoms with Crippen molar-refractivity contribution in [2.45, 2.75) is 39.3 Å². The van der Waals surface area contributed by atoms with Gasteiger partial charge < -0.3 is 19.5 Å². The molecule has 7 heteroatoms. The summed E-state index contributed by atoms with van der Waals surface area (Å²) in [5.74, 6) is 1.06. The molecule has 1 atom stereocenters. The highest BCUT2D eigenvalue weighted by Crippen LogP contribution is 2.37. The molecule has 0 bridgehead atoms. The van der Waals surface area contributed by atoms with Crippen molar-refractivity contribution in [3.63, 3.8) is 0 Å². The zero-order valence-corrected chi connectivity index (χ0v) is 19.4. The summed E-state index contributed by atoms with van der Waals surface area (Å²) < 4.78 is 11.5. The van der Waals surface area contributed by atoms with E-state index in [4.69, 9.17) is 26.5 Å². The minimum Gasteiger partial charge on any atom is -0.379 e. The summed E-state index contributed by atoms with van der Waals surface area (Å²) >= 11 is 5.74. The third-order valence-corrected chi connectivity index (χ3v) is 5.73. The molecule has 32 heavy (non-hydrogen) atoms. The van der Waals surface area contributed by atoms with Gasteiger partial charge >= 0.3 is 0 Å². The molecule has 1 unspecified atom stereocenters. The Morgan fingerprint density at radius 3 is 2.47 bits per heavy atom. The van der Waals surface area contributed by atoms with E-state index in [1.807, 2.05) is 62.4 Å². The molecule has 1 aliphatic rings. The minimum absolute atomic E-state index is 0.170. The summed E-state index contributed by atoms with van der Waals surface area (Å²) in [6, 6.07) is 19.9. The molecule has 0 amide bonds. The molecule has 0 fully saturated rings. The Morgan fingerprint density at radius 1 is 1.09 bits per heavy atom. The third kappa shape index (κ3) is 4.89. The predicted octanol–water partition coefficient (Wildman–Crippen LogP) is 5.21. The van der Waals surface area contributed by atoms with Gasteiger partial charge in [0.1, 0.15) is 0 Å². The first-order chi connectivity index (χ1) is 15.5. The Kier molecular flexibility index (Phi) is 6.97. The van der Waals surface area contributed by atoms with Crippen molar-refractivity contribution in [1.29, 1.82) is 0 Å². The van der Waals surface area contributed by atoms with Crippen LogP contribution in [0.2, 0.25) is 0 Å². The van der Waals surface area contributed by atoms with Gasteiger partial charge in [0.25, 0.3) is 5.89 Å². The summed E-state index contributed by atoms with van der Waals surface area (Å²) in [6.07, 6.45) is 1.07. The zero-order valence-electron chi connectivity index (χ0n) is 18.6. The number of benzene rings is 2. The number of rotatable bonds is 8. The van der Waals surface area contributed by atoms with Gasteiger partial charge in [-0.25, -0.2) is 0 Å². The van der Waals surface area contributed by atoms with Gasteiger partial charge in [0.05, 0.1) is 17.7 Å². The van der Waals surface area contributed by atoms with Crippen LogP contribution in [0.5, 0.6) is 0 Å². The monoisotopic (exact) mass is 448 g/mol. The standard InChI is InChI=1S/C25H28N4O2S/c1-17(2)30-16-10-15-29-18(3)21(22(26-25(29)32)19-11-6-4-7-12-19)24-27-23(28-31-24)20-13-8-5-9-14-20/h4-9,11-14,17,22H,10,15-16H2,1-3H3,(H,26,32). The minimum atomic E-state index is -0.170. The number of thiocarbonyl (C=S) groups is 1. The number of hydrogen-bond donors (Lipinski definition) is 1. The molecule has 4 rings (SSSR count). The maximum Gasteiger partial charge on any atom is 0.258 e. The van der Waals surface area contributed by atoms with Crippen molar-refractivity contribution < 1.29 is 9.26 Å². The smallest absolute Gasteiger partial charge is 0.258 e. The summed E-state index contributed by atoms with van der Waals surface area (Å²) in [6.45, 7) is 7.57. The molecule has 0 aliphatic carbocycles. The molecule has 3 aromatic rings. The van der Waals surface area contributed by atoms with Crippen LogP contribution in [0, 0.1) is 0 Å². The maximum absolute atomic E-state index is 5.77. The highest BCUT2D eigenvalue weighted by atomic mass is 32.1. The van der Waals surface area contributed by atoms with Gasteiger partial charge in [0.2, 0.25) is 5.82 Å². The fraction of sp³-hybridized carbons (Fsp3) is 0.320. The van der Waals surface area contributed by atoms with Crippen LogP contribution >= 0.6 is 12.2 Å². The van der Waals surface area contributed by atoms with Crippen LogP contribution in [0.3, 0.4) is 0 Å². The molecule has 1 aromatic heterocycles. The SMILES string of the molecule is CC1=C(c2nc(-c3ccccc3)no2)C(c2ccccc2)NC(=S)N1CCCOC(C)C. The average Bonchev–Trinajstić information content (AvgIpc) is 3.29. The van der Waals surface area contributed by atoms with Gasteiger partial charge in [-0.1, -0.05) is 65.8 Å². The van der Waals surface area contributed by atoms with E-state index in [1.54, 1.807) is 0 Å². The predicted molar refractivity (Wildman–Crippen MR) is 130 cm³/mol. The second-order valence-corrected chi connectivity index (χ2v) is 8.39. The van der Waals surface area contributed by atoms with E-state index in [1.165, 1.54) is 0 Å². The second kappa shape index (κ2) is 10.1. The summed E-state index contributed by atoms with van der Waals surface area (Å²) in [7, 11) is 0. The lowest BCUT2D eigenvalue weighted by Gasteiger charge is -2.37. The van der Waals surface area contributed by atoms with E-state index in [2.05, 4.69) is 34.4 Å². The molecule has 0 saturated heterocycles. The average molecular weight is 449 g/mol. The number of nitrogens with one attached hydrogen (secondary N) is 1. The zero-order chi connectivity index (χ0) is 22.5. The molecule has 2 heterocycles. The Balaban J connectivity index is 1.69. The van der Waals surface area contributed by atoms with E-state index >= 15 is 0 Å². The van der Waals surface area contributed by atoms with Crippen molar-refractivity contribution in [3.8, 4) is 11.4 Å². The van der Waals surface area contributed by atoms with Crippen molar-refractivity contribution in [1.82, 2.24) is 20.4 Å². The first kappa shape index (κ1) is 22.2. The Hall–Kier alpha value is -3.03. The van der Waals surface area contributed by atoms with Crippen molar-refractivity contribution in [3.05, 3.63) is 77.8 Å². The van der Waals surface area contributed by atoms with Crippen LogP contribution in [0.25, 0.3) is 17.0 Å². The van der Waals surface area contributed by atoms with E-state index in [9.17, 15) is 0 Å². The van der Waals surface area contributed by atoms with Gasteiger partial charge in [-0.2, -0.15) is 4.98 Å². The van der Waals surface area contributed by atoms with Crippen LogP contribution < -0.4 is 5.32 Å². The highest BCUT2D eigenvalue weighted by Gasteiger charge is 2.33. The Labute approximate surface area is 194 Å². The third-order valence-electron chi connectivity index (χ3n) is 5.39. The van der Waals surface area contributed by atoms with E-state index in [0.29, 0.717) is 23.4 Å². The molecular formula is C25H28N4O2S.